The van der Waals surface area contributed by atoms with Gasteiger partial charge in [-0.25, -0.2) is 0 Å². The van der Waals surface area contributed by atoms with E-state index >= 15 is 0 Å². The molecule has 0 aromatic rings. The summed E-state index contributed by atoms with van der Waals surface area (Å²) in [6, 6.07) is 0. The van der Waals surface area contributed by atoms with Crippen molar-refractivity contribution in [3.63, 3.8) is 0 Å². The minimum absolute atomic E-state index is 0. The zero-order chi connectivity index (χ0) is 8.00. The van der Waals surface area contributed by atoms with Gasteiger partial charge in [0.15, 0.2) is 0 Å². The molecular formula is C8H18Li2. The molecule has 0 aromatic carbocycles. The third kappa shape index (κ3) is 17400. The first-order chi connectivity index (χ1) is 4.00. The van der Waals surface area contributed by atoms with E-state index in [1.54, 1.807) is 0 Å². The van der Waals surface area contributed by atoms with Crippen LogP contribution in [0.1, 0.15) is 2.85 Å². The average molecular weight is 128 g/mol. The molecule has 0 unspecified atom stereocenters. The Balaban J connectivity index is -0.00000000267. The molecule has 0 atom stereocenters. The molecule has 0 spiro atoms. The molecule has 0 aliphatic heterocycles. The van der Waals surface area contributed by atoms with Crippen LogP contribution in [0, 0.1) is 0 Å². The maximum absolute atomic E-state index is 3.00. The standard InChI is InChI=1S/4C2H4.2Li.2H/c4*1-2;;;;/h4*1-2H2;;;;/q;;;;2*+1;2*-1. The Morgan fingerprint density at radius 1 is 0.400 bits per heavy atom. The second kappa shape index (κ2) is 25400. The van der Waals surface area contributed by atoms with E-state index in [9.17, 15) is 0 Å². The fourth-order valence-electron chi connectivity index (χ4n) is 0. The summed E-state index contributed by atoms with van der Waals surface area (Å²) in [4.78, 5) is 0. The molecule has 0 nitrogen and oxygen atoms in total. The summed E-state index contributed by atoms with van der Waals surface area (Å²) in [5.74, 6) is 0. The predicted octanol–water partition coefficient (Wildman–Crippen LogP) is -2.56. The predicted molar refractivity (Wildman–Crippen MR) is 47.2 cm³/mol. The molecule has 2 heteroatoms. The molecule has 0 saturated heterocycles. The van der Waals surface area contributed by atoms with Crippen molar-refractivity contribution in [2.75, 3.05) is 0 Å². The second-order valence-electron chi connectivity index (χ2n) is 0. The van der Waals surface area contributed by atoms with Gasteiger partial charge in [-0.1, -0.05) is 0 Å². The van der Waals surface area contributed by atoms with Crippen molar-refractivity contribution >= 4 is 0 Å². The third-order valence-corrected chi connectivity index (χ3v) is 0. The van der Waals surface area contributed by atoms with Gasteiger partial charge in [0, 0.05) is 0 Å². The Morgan fingerprint density at radius 3 is 0.400 bits per heavy atom. The van der Waals surface area contributed by atoms with E-state index in [0.29, 0.717) is 0 Å². The summed E-state index contributed by atoms with van der Waals surface area (Å²) in [5.41, 5.74) is 0. The van der Waals surface area contributed by atoms with Crippen LogP contribution < -0.4 is 37.7 Å². The van der Waals surface area contributed by atoms with Crippen LogP contribution in [0.25, 0.3) is 0 Å². The van der Waals surface area contributed by atoms with Crippen molar-refractivity contribution in [2.24, 2.45) is 0 Å². The molecule has 52 valence electrons. The summed E-state index contributed by atoms with van der Waals surface area (Å²) in [7, 11) is 0. The van der Waals surface area contributed by atoms with Gasteiger partial charge >= 0.3 is 37.7 Å². The number of hydrogen-bond acceptors (Lipinski definition) is 0. The van der Waals surface area contributed by atoms with Gasteiger partial charge in [-0.05, 0) is 0 Å². The quantitative estimate of drug-likeness (QED) is 0.249. The van der Waals surface area contributed by atoms with Gasteiger partial charge in [-0.2, -0.15) is 0 Å². The van der Waals surface area contributed by atoms with Crippen LogP contribution in [-0.2, 0) is 0 Å². The molecule has 0 amide bonds. The smallest absolute Gasteiger partial charge is 1.00 e. The van der Waals surface area contributed by atoms with Gasteiger partial charge in [0.1, 0.15) is 0 Å². The molecule has 10 heavy (non-hydrogen) atoms. The molecule has 0 aromatic heterocycles. The van der Waals surface area contributed by atoms with E-state index in [1.807, 2.05) is 0 Å². The van der Waals surface area contributed by atoms with E-state index in [0.717, 1.165) is 0 Å². The van der Waals surface area contributed by atoms with Gasteiger partial charge in [-0.15, -0.1) is 52.6 Å². The van der Waals surface area contributed by atoms with Gasteiger partial charge in [0.2, 0.25) is 0 Å². The second-order valence-corrected chi connectivity index (χ2v) is 0. The zero-order valence-corrected chi connectivity index (χ0v) is 7.66. The molecular weight excluding hydrogens is 110 g/mol. The number of hydrogen-bond donors (Lipinski definition) is 0. The van der Waals surface area contributed by atoms with Crippen molar-refractivity contribution in [1.29, 1.82) is 0 Å². The normalized spacial score (nSPS) is 1.60. The van der Waals surface area contributed by atoms with Crippen LogP contribution >= 0.6 is 0 Å². The van der Waals surface area contributed by atoms with Crippen molar-refractivity contribution in [2.45, 2.75) is 0 Å². The molecule has 0 heterocycles. The van der Waals surface area contributed by atoms with Crippen LogP contribution in [0.3, 0.4) is 0 Å². The Labute approximate surface area is 93.1 Å². The number of rotatable bonds is 0. The zero-order valence-electron chi connectivity index (χ0n) is 9.66. The van der Waals surface area contributed by atoms with Gasteiger partial charge < -0.3 is 2.85 Å². The van der Waals surface area contributed by atoms with Crippen LogP contribution in [0.2, 0.25) is 0 Å². The van der Waals surface area contributed by atoms with Crippen molar-refractivity contribution in [3.05, 3.63) is 52.6 Å². The Bertz CT molecular complexity index is 23.0. The summed E-state index contributed by atoms with van der Waals surface area (Å²) >= 11 is 0. The first kappa shape index (κ1) is 49.3. The monoisotopic (exact) mass is 128 g/mol. The largest absolute Gasteiger partial charge is 1.00 e. The Morgan fingerprint density at radius 2 is 0.400 bits per heavy atom. The molecule has 0 bridgehead atoms. The maximum Gasteiger partial charge on any atom is 1.00 e. The van der Waals surface area contributed by atoms with Gasteiger partial charge in [0.25, 0.3) is 0 Å². The fourth-order valence-corrected chi connectivity index (χ4v) is 0. The van der Waals surface area contributed by atoms with E-state index in [-0.39, 0.29) is 40.6 Å². The topological polar surface area (TPSA) is 0 Å². The van der Waals surface area contributed by atoms with Crippen molar-refractivity contribution < 1.29 is 40.6 Å². The molecule has 0 saturated carbocycles. The fraction of sp³-hybridized carbons (Fsp3) is 0. The van der Waals surface area contributed by atoms with E-state index < -0.39 is 0 Å². The minimum atomic E-state index is 0. The molecule has 0 fully saturated rings. The Kier molecular flexibility index (Phi) is 125000. The molecule has 0 N–H and O–H groups in total. The summed E-state index contributed by atoms with van der Waals surface area (Å²) in [6.07, 6.45) is 0. The third-order valence-electron chi connectivity index (χ3n) is 0. The summed E-state index contributed by atoms with van der Waals surface area (Å²) in [5, 5.41) is 0. The van der Waals surface area contributed by atoms with Crippen LogP contribution in [0.4, 0.5) is 0 Å². The van der Waals surface area contributed by atoms with E-state index in [2.05, 4.69) is 52.6 Å². The van der Waals surface area contributed by atoms with Crippen molar-refractivity contribution in [3.8, 4) is 0 Å². The minimum Gasteiger partial charge on any atom is -1.00 e. The summed E-state index contributed by atoms with van der Waals surface area (Å²) in [6.45, 7) is 24.0. The SMILES string of the molecule is C=C.C=C.C=C.C=C.[H-].[H-].[Li+].[Li+]. The first-order valence-corrected chi connectivity index (χ1v) is 2.00. The van der Waals surface area contributed by atoms with Gasteiger partial charge in [-0.3, -0.25) is 0 Å². The van der Waals surface area contributed by atoms with E-state index in [1.165, 1.54) is 0 Å². The summed E-state index contributed by atoms with van der Waals surface area (Å²) < 4.78 is 0. The first-order valence-electron chi connectivity index (χ1n) is 2.00. The molecule has 0 aliphatic rings. The Hall–Kier alpha value is 0.155. The van der Waals surface area contributed by atoms with Crippen molar-refractivity contribution in [1.82, 2.24) is 0 Å². The van der Waals surface area contributed by atoms with Crippen LogP contribution in [0.5, 0.6) is 0 Å². The average Bonchev–Trinajstić information content (AvgIpc) is 2.03. The van der Waals surface area contributed by atoms with Crippen LogP contribution in [0.15, 0.2) is 52.6 Å². The van der Waals surface area contributed by atoms with Gasteiger partial charge in [0.05, 0.1) is 0 Å². The molecule has 0 aliphatic carbocycles. The molecule has 0 radical (unpaired) electrons. The maximum atomic E-state index is 3.00. The van der Waals surface area contributed by atoms with E-state index in [4.69, 9.17) is 0 Å². The van der Waals surface area contributed by atoms with Crippen LogP contribution in [-0.4, -0.2) is 0 Å². The molecule has 0 rings (SSSR count).